The van der Waals surface area contributed by atoms with Crippen LogP contribution in [0.15, 0.2) is 24.3 Å². The molecule has 0 atom stereocenters. The number of ether oxygens (including phenoxy) is 1. The van der Waals surface area contributed by atoms with E-state index in [9.17, 15) is 9.59 Å². The average molecular weight is 288 g/mol. The molecule has 0 radical (unpaired) electrons. The minimum Gasteiger partial charge on any atom is -0.382 e. The Morgan fingerprint density at radius 1 is 1.33 bits per heavy atom. The first-order chi connectivity index (χ1) is 10.2. The van der Waals surface area contributed by atoms with Crippen LogP contribution in [0.3, 0.4) is 0 Å². The lowest BCUT2D eigenvalue weighted by Gasteiger charge is -2.10. The Morgan fingerprint density at radius 2 is 2.10 bits per heavy atom. The van der Waals surface area contributed by atoms with Crippen molar-refractivity contribution in [3.63, 3.8) is 0 Å². The van der Waals surface area contributed by atoms with Gasteiger partial charge in [-0.25, -0.2) is 0 Å². The van der Waals surface area contributed by atoms with E-state index < -0.39 is 0 Å². The van der Waals surface area contributed by atoms with Crippen LogP contribution >= 0.6 is 0 Å². The Labute approximate surface area is 125 Å². The second-order valence-corrected chi connectivity index (χ2v) is 4.28. The molecule has 112 valence electrons. The van der Waals surface area contributed by atoms with Crippen LogP contribution in [0, 0.1) is 12.3 Å². The Hall–Kier alpha value is -2.32. The number of anilines is 1. The quantitative estimate of drug-likeness (QED) is 0.566. The maximum atomic E-state index is 11.9. The lowest BCUT2D eigenvalue weighted by Crippen LogP contribution is -2.25. The largest absolute Gasteiger partial charge is 0.382 e. The molecule has 1 rings (SSSR count). The van der Waals surface area contributed by atoms with Gasteiger partial charge in [0.1, 0.15) is 0 Å². The van der Waals surface area contributed by atoms with Crippen LogP contribution < -0.4 is 10.6 Å². The van der Waals surface area contributed by atoms with E-state index in [1.54, 1.807) is 24.3 Å². The molecule has 0 heterocycles. The van der Waals surface area contributed by atoms with E-state index in [2.05, 4.69) is 16.6 Å². The van der Waals surface area contributed by atoms with Gasteiger partial charge in [-0.05, 0) is 25.5 Å². The van der Waals surface area contributed by atoms with Crippen molar-refractivity contribution in [3.8, 4) is 12.3 Å². The van der Waals surface area contributed by atoms with E-state index in [4.69, 9.17) is 11.2 Å². The number of hydrogen-bond donors (Lipinski definition) is 2. The Kier molecular flexibility index (Phi) is 7.62. The van der Waals surface area contributed by atoms with Crippen LogP contribution in [0.1, 0.15) is 30.1 Å². The summed E-state index contributed by atoms with van der Waals surface area (Å²) < 4.78 is 5.18. The maximum absolute atomic E-state index is 11.9. The summed E-state index contributed by atoms with van der Waals surface area (Å²) in [6.07, 6.45) is 6.10. The van der Waals surface area contributed by atoms with Crippen molar-refractivity contribution in [2.75, 3.05) is 25.1 Å². The van der Waals surface area contributed by atoms with E-state index >= 15 is 0 Å². The van der Waals surface area contributed by atoms with E-state index in [-0.39, 0.29) is 18.4 Å². The van der Waals surface area contributed by atoms with Crippen molar-refractivity contribution in [2.24, 2.45) is 0 Å². The van der Waals surface area contributed by atoms with E-state index in [1.165, 1.54) is 0 Å². The molecule has 0 fully saturated rings. The van der Waals surface area contributed by atoms with E-state index in [0.717, 1.165) is 0 Å². The van der Waals surface area contributed by atoms with Gasteiger partial charge in [0.2, 0.25) is 5.91 Å². The van der Waals surface area contributed by atoms with E-state index in [0.29, 0.717) is 37.3 Å². The van der Waals surface area contributed by atoms with Gasteiger partial charge in [-0.15, -0.1) is 6.42 Å². The molecule has 0 spiro atoms. The minimum atomic E-state index is -0.307. The van der Waals surface area contributed by atoms with Gasteiger partial charge in [0.25, 0.3) is 5.91 Å². The molecule has 2 N–H and O–H groups in total. The van der Waals surface area contributed by atoms with Crippen LogP contribution in [-0.2, 0) is 9.53 Å². The van der Waals surface area contributed by atoms with Gasteiger partial charge >= 0.3 is 0 Å². The molecular weight excluding hydrogens is 268 g/mol. The Bertz CT molecular complexity index is 520. The number of terminal acetylenes is 1. The third kappa shape index (κ3) is 6.11. The molecule has 0 unspecified atom stereocenters. The normalized spacial score (nSPS) is 9.71. The molecule has 5 heteroatoms. The Morgan fingerprint density at radius 3 is 2.81 bits per heavy atom. The molecule has 0 aliphatic heterocycles. The zero-order valence-electron chi connectivity index (χ0n) is 12.1. The number of carbonyl (C=O) groups excluding carboxylic acids is 2. The van der Waals surface area contributed by atoms with Gasteiger partial charge in [0.15, 0.2) is 0 Å². The standard InChI is InChI=1S/C16H20N2O3/c1-3-11-17-16(20)13-8-5-6-9-14(13)18-15(19)10-7-12-21-4-2/h1,5-6,8-9H,4,7,10-12H2,2H3,(H,17,20)(H,18,19). The molecule has 1 aromatic rings. The SMILES string of the molecule is C#CCNC(=O)c1ccccc1NC(=O)CCCOCC. The molecule has 0 saturated heterocycles. The summed E-state index contributed by atoms with van der Waals surface area (Å²) >= 11 is 0. The summed E-state index contributed by atoms with van der Waals surface area (Å²) in [6, 6.07) is 6.82. The topological polar surface area (TPSA) is 67.4 Å². The molecule has 1 aromatic carbocycles. The predicted octanol–water partition coefficient (Wildman–Crippen LogP) is 1.80. The number of hydrogen-bond acceptors (Lipinski definition) is 3. The fraction of sp³-hybridized carbons (Fsp3) is 0.375. The third-order valence-corrected chi connectivity index (χ3v) is 2.69. The van der Waals surface area contributed by atoms with Crippen molar-refractivity contribution in [3.05, 3.63) is 29.8 Å². The van der Waals surface area contributed by atoms with Gasteiger partial charge in [0.05, 0.1) is 17.8 Å². The average Bonchev–Trinajstić information content (AvgIpc) is 2.50. The van der Waals surface area contributed by atoms with Crippen molar-refractivity contribution < 1.29 is 14.3 Å². The summed E-state index contributed by atoms with van der Waals surface area (Å²) in [5.74, 6) is 1.88. The molecule has 0 aliphatic carbocycles. The van der Waals surface area contributed by atoms with Crippen LogP contribution in [0.5, 0.6) is 0 Å². The first-order valence-corrected chi connectivity index (χ1v) is 6.87. The molecule has 0 aliphatic rings. The second-order valence-electron chi connectivity index (χ2n) is 4.28. The second kappa shape index (κ2) is 9.56. The summed E-state index contributed by atoms with van der Waals surface area (Å²) in [4.78, 5) is 23.8. The highest BCUT2D eigenvalue weighted by molar-refractivity contribution is 6.03. The highest BCUT2D eigenvalue weighted by Gasteiger charge is 2.12. The van der Waals surface area contributed by atoms with Crippen molar-refractivity contribution in [1.82, 2.24) is 5.32 Å². The summed E-state index contributed by atoms with van der Waals surface area (Å²) in [5.41, 5.74) is 0.874. The number of rotatable bonds is 8. The molecule has 2 amide bonds. The molecular formula is C16H20N2O3. The number of amides is 2. The van der Waals surface area contributed by atoms with Crippen molar-refractivity contribution in [2.45, 2.75) is 19.8 Å². The van der Waals surface area contributed by atoms with E-state index in [1.807, 2.05) is 6.92 Å². The van der Waals surface area contributed by atoms with Crippen LogP contribution in [-0.4, -0.2) is 31.6 Å². The van der Waals surface area contributed by atoms with Crippen LogP contribution in [0.25, 0.3) is 0 Å². The highest BCUT2D eigenvalue weighted by Crippen LogP contribution is 2.15. The smallest absolute Gasteiger partial charge is 0.254 e. The van der Waals surface area contributed by atoms with Crippen molar-refractivity contribution >= 4 is 17.5 Å². The summed E-state index contributed by atoms with van der Waals surface area (Å²) in [7, 11) is 0. The van der Waals surface area contributed by atoms with Crippen molar-refractivity contribution in [1.29, 1.82) is 0 Å². The van der Waals surface area contributed by atoms with Gasteiger partial charge in [-0.3, -0.25) is 9.59 Å². The van der Waals surface area contributed by atoms with Gasteiger partial charge in [-0.1, -0.05) is 18.1 Å². The number of para-hydroxylation sites is 1. The number of nitrogens with one attached hydrogen (secondary N) is 2. The highest BCUT2D eigenvalue weighted by atomic mass is 16.5. The monoisotopic (exact) mass is 288 g/mol. The van der Waals surface area contributed by atoms with Crippen LogP contribution in [0.2, 0.25) is 0 Å². The number of carbonyl (C=O) groups is 2. The zero-order chi connectivity index (χ0) is 15.5. The zero-order valence-corrected chi connectivity index (χ0v) is 12.1. The number of benzene rings is 1. The fourth-order valence-corrected chi connectivity index (χ4v) is 1.71. The molecule has 5 nitrogen and oxygen atoms in total. The lowest BCUT2D eigenvalue weighted by molar-refractivity contribution is -0.116. The lowest BCUT2D eigenvalue weighted by atomic mass is 10.1. The maximum Gasteiger partial charge on any atom is 0.254 e. The van der Waals surface area contributed by atoms with Crippen LogP contribution in [0.4, 0.5) is 5.69 Å². The summed E-state index contributed by atoms with van der Waals surface area (Å²) in [5, 5.41) is 5.31. The van der Waals surface area contributed by atoms with Gasteiger partial charge in [0, 0.05) is 19.6 Å². The molecule has 0 aromatic heterocycles. The fourth-order valence-electron chi connectivity index (χ4n) is 1.71. The predicted molar refractivity (Wildman–Crippen MR) is 82.0 cm³/mol. The van der Waals surface area contributed by atoms with Gasteiger partial charge < -0.3 is 15.4 Å². The first kappa shape index (κ1) is 16.7. The molecule has 0 bridgehead atoms. The Balaban J connectivity index is 2.60. The molecule has 21 heavy (non-hydrogen) atoms. The minimum absolute atomic E-state index is 0.146. The summed E-state index contributed by atoms with van der Waals surface area (Å²) in [6.45, 7) is 3.24. The molecule has 0 saturated carbocycles. The first-order valence-electron chi connectivity index (χ1n) is 6.87. The van der Waals surface area contributed by atoms with Gasteiger partial charge in [-0.2, -0.15) is 0 Å². The third-order valence-electron chi connectivity index (χ3n) is 2.69.